The summed E-state index contributed by atoms with van der Waals surface area (Å²) in [6.07, 6.45) is 2.20. The topological polar surface area (TPSA) is 84.9 Å². The summed E-state index contributed by atoms with van der Waals surface area (Å²) in [6.45, 7) is 6.17. The third-order valence-corrected chi connectivity index (χ3v) is 8.66. The first-order valence-corrected chi connectivity index (χ1v) is 14.1. The SMILES string of the molecule is CCOc1ccc(N(CC(=O)NC2CC(CC)(CC)Oc3ccccc32)S(=O)(=O)c2ccccc2)cc1. The molecule has 0 bridgehead atoms. The standard InChI is InChI=1S/C29H34N2O5S/c1-4-29(5-2)20-26(25-14-10-11-15-27(25)36-29)30-28(32)21-31(22-16-18-23(19-17-22)35-6-3)37(33,34)24-12-8-7-9-13-24/h7-19,26H,4-6,20-21H2,1-3H3,(H,30,32). The van der Waals surface area contributed by atoms with Gasteiger partial charge < -0.3 is 14.8 Å². The van der Waals surface area contributed by atoms with Crippen molar-refractivity contribution in [1.82, 2.24) is 5.32 Å². The van der Waals surface area contributed by atoms with Gasteiger partial charge in [0, 0.05) is 12.0 Å². The molecule has 1 N–H and O–H groups in total. The van der Waals surface area contributed by atoms with Gasteiger partial charge in [0.15, 0.2) is 0 Å². The molecule has 0 aromatic heterocycles. The minimum absolute atomic E-state index is 0.115. The number of anilines is 1. The zero-order valence-corrected chi connectivity index (χ0v) is 22.3. The first-order chi connectivity index (χ1) is 17.8. The Hall–Kier alpha value is -3.52. The number of nitrogens with one attached hydrogen (secondary N) is 1. The van der Waals surface area contributed by atoms with Gasteiger partial charge >= 0.3 is 0 Å². The van der Waals surface area contributed by atoms with Crippen LogP contribution >= 0.6 is 0 Å². The number of carbonyl (C=O) groups excluding carboxylic acids is 1. The Balaban J connectivity index is 1.64. The number of benzene rings is 3. The fourth-order valence-electron chi connectivity index (χ4n) is 4.71. The third-order valence-electron chi connectivity index (χ3n) is 6.88. The molecule has 0 aliphatic carbocycles. The van der Waals surface area contributed by atoms with Crippen LogP contribution in [0.5, 0.6) is 11.5 Å². The average molecular weight is 523 g/mol. The van der Waals surface area contributed by atoms with Crippen LogP contribution < -0.4 is 19.1 Å². The van der Waals surface area contributed by atoms with E-state index in [0.717, 1.165) is 28.5 Å². The number of hydrogen-bond donors (Lipinski definition) is 1. The fraction of sp³-hybridized carbons (Fsp3) is 0.345. The van der Waals surface area contributed by atoms with Crippen molar-refractivity contribution in [1.29, 1.82) is 0 Å². The molecule has 3 aromatic carbocycles. The number of fused-ring (bicyclic) bond motifs is 1. The van der Waals surface area contributed by atoms with E-state index in [9.17, 15) is 13.2 Å². The number of nitrogens with zero attached hydrogens (tertiary/aromatic N) is 1. The maximum atomic E-state index is 13.7. The molecule has 3 aromatic rings. The van der Waals surface area contributed by atoms with E-state index in [1.54, 1.807) is 42.5 Å². The van der Waals surface area contributed by atoms with Gasteiger partial charge in [-0.1, -0.05) is 50.2 Å². The van der Waals surface area contributed by atoms with Crippen molar-refractivity contribution in [2.45, 2.75) is 56.6 Å². The van der Waals surface area contributed by atoms with E-state index in [1.807, 2.05) is 31.2 Å². The van der Waals surface area contributed by atoms with E-state index in [4.69, 9.17) is 9.47 Å². The molecule has 196 valence electrons. The zero-order valence-electron chi connectivity index (χ0n) is 21.5. The molecular formula is C29H34N2O5S. The Bertz CT molecular complexity index is 1310. The molecule has 1 aliphatic rings. The minimum atomic E-state index is -4.00. The lowest BCUT2D eigenvalue weighted by molar-refractivity contribution is -0.121. The molecule has 0 spiro atoms. The molecule has 0 saturated heterocycles. The number of carbonyl (C=O) groups is 1. The number of para-hydroxylation sites is 1. The number of hydrogen-bond acceptors (Lipinski definition) is 5. The Morgan fingerprint density at radius 2 is 1.62 bits per heavy atom. The summed E-state index contributed by atoms with van der Waals surface area (Å²) in [4.78, 5) is 13.6. The van der Waals surface area contributed by atoms with Crippen LogP contribution in [0, 0.1) is 0 Å². The molecule has 8 heteroatoms. The van der Waals surface area contributed by atoms with Crippen LogP contribution in [-0.4, -0.2) is 33.1 Å². The second kappa shape index (κ2) is 11.3. The lowest BCUT2D eigenvalue weighted by Gasteiger charge is -2.41. The van der Waals surface area contributed by atoms with Gasteiger partial charge in [0.1, 0.15) is 23.6 Å². The van der Waals surface area contributed by atoms with Crippen LogP contribution in [0.3, 0.4) is 0 Å². The van der Waals surface area contributed by atoms with Gasteiger partial charge in [-0.2, -0.15) is 0 Å². The normalized spacial score (nSPS) is 16.2. The first-order valence-electron chi connectivity index (χ1n) is 12.7. The molecule has 0 fully saturated rings. The highest BCUT2D eigenvalue weighted by atomic mass is 32.2. The van der Waals surface area contributed by atoms with Gasteiger partial charge in [-0.25, -0.2) is 8.42 Å². The van der Waals surface area contributed by atoms with Crippen molar-refractivity contribution < 1.29 is 22.7 Å². The summed E-state index contributed by atoms with van der Waals surface area (Å²) in [6, 6.07) is 22.3. The Morgan fingerprint density at radius 3 is 2.27 bits per heavy atom. The largest absolute Gasteiger partial charge is 0.494 e. The predicted octanol–water partition coefficient (Wildman–Crippen LogP) is 5.48. The highest BCUT2D eigenvalue weighted by molar-refractivity contribution is 7.92. The van der Waals surface area contributed by atoms with Crippen molar-refractivity contribution in [3.8, 4) is 11.5 Å². The minimum Gasteiger partial charge on any atom is -0.494 e. The van der Waals surface area contributed by atoms with E-state index in [2.05, 4.69) is 19.2 Å². The monoisotopic (exact) mass is 522 g/mol. The van der Waals surface area contributed by atoms with Crippen molar-refractivity contribution >= 4 is 21.6 Å². The van der Waals surface area contributed by atoms with Gasteiger partial charge in [-0.05, 0) is 62.2 Å². The molecule has 1 heterocycles. The molecule has 1 atom stereocenters. The van der Waals surface area contributed by atoms with Gasteiger partial charge in [-0.15, -0.1) is 0 Å². The maximum absolute atomic E-state index is 13.7. The highest BCUT2D eigenvalue weighted by Gasteiger charge is 2.39. The molecule has 37 heavy (non-hydrogen) atoms. The molecule has 4 rings (SSSR count). The van der Waals surface area contributed by atoms with Crippen molar-refractivity contribution in [2.75, 3.05) is 17.5 Å². The Kier molecular flexibility index (Phi) is 8.07. The molecule has 7 nitrogen and oxygen atoms in total. The van der Waals surface area contributed by atoms with Crippen LogP contribution in [0.1, 0.15) is 51.6 Å². The molecule has 1 aliphatic heterocycles. The smallest absolute Gasteiger partial charge is 0.264 e. The quantitative estimate of drug-likeness (QED) is 0.381. The van der Waals surface area contributed by atoms with Crippen LogP contribution in [0.2, 0.25) is 0 Å². The third kappa shape index (κ3) is 5.74. The van der Waals surface area contributed by atoms with E-state index in [1.165, 1.54) is 12.1 Å². The lowest BCUT2D eigenvalue weighted by Crippen LogP contribution is -2.47. The van der Waals surface area contributed by atoms with Crippen LogP contribution in [0.15, 0.2) is 83.8 Å². The highest BCUT2D eigenvalue weighted by Crippen LogP contribution is 2.42. The second-order valence-corrected chi connectivity index (χ2v) is 11.0. The van der Waals surface area contributed by atoms with E-state index in [0.29, 0.717) is 24.5 Å². The Labute approximate surface area is 219 Å². The number of rotatable bonds is 10. The summed E-state index contributed by atoms with van der Waals surface area (Å²) >= 11 is 0. The molecule has 0 radical (unpaired) electrons. The Morgan fingerprint density at radius 1 is 0.973 bits per heavy atom. The maximum Gasteiger partial charge on any atom is 0.264 e. The number of amides is 1. The second-order valence-electron chi connectivity index (χ2n) is 9.11. The summed E-state index contributed by atoms with van der Waals surface area (Å²) in [7, 11) is -4.00. The van der Waals surface area contributed by atoms with Crippen LogP contribution in [-0.2, 0) is 14.8 Å². The van der Waals surface area contributed by atoms with E-state index in [-0.39, 0.29) is 17.5 Å². The zero-order chi connectivity index (χ0) is 26.5. The van der Waals surface area contributed by atoms with Crippen molar-refractivity contribution in [3.05, 3.63) is 84.4 Å². The fourth-order valence-corrected chi connectivity index (χ4v) is 6.15. The van der Waals surface area contributed by atoms with Crippen molar-refractivity contribution in [3.63, 3.8) is 0 Å². The average Bonchev–Trinajstić information content (AvgIpc) is 2.92. The number of sulfonamides is 1. The summed E-state index contributed by atoms with van der Waals surface area (Å²) in [5, 5.41) is 3.10. The van der Waals surface area contributed by atoms with Crippen LogP contribution in [0.4, 0.5) is 5.69 Å². The molecule has 0 saturated carbocycles. The molecule has 1 amide bonds. The van der Waals surface area contributed by atoms with Gasteiger partial charge in [0.25, 0.3) is 10.0 Å². The van der Waals surface area contributed by atoms with Gasteiger partial charge in [-0.3, -0.25) is 9.10 Å². The van der Waals surface area contributed by atoms with Gasteiger partial charge in [0.2, 0.25) is 5.91 Å². The molecular weight excluding hydrogens is 488 g/mol. The summed E-state index contributed by atoms with van der Waals surface area (Å²) in [5.41, 5.74) is 0.884. The van der Waals surface area contributed by atoms with Crippen LogP contribution in [0.25, 0.3) is 0 Å². The lowest BCUT2D eigenvalue weighted by atomic mass is 9.83. The van der Waals surface area contributed by atoms with Crippen molar-refractivity contribution in [2.24, 2.45) is 0 Å². The van der Waals surface area contributed by atoms with E-state index < -0.39 is 21.5 Å². The summed E-state index contributed by atoms with van der Waals surface area (Å²) < 4.78 is 40.3. The molecule has 1 unspecified atom stereocenters. The first kappa shape index (κ1) is 26.5. The predicted molar refractivity (Wildman–Crippen MR) is 144 cm³/mol. The van der Waals surface area contributed by atoms with E-state index >= 15 is 0 Å². The number of ether oxygens (including phenoxy) is 2. The van der Waals surface area contributed by atoms with Gasteiger partial charge in [0.05, 0.1) is 23.2 Å². The summed E-state index contributed by atoms with van der Waals surface area (Å²) in [5.74, 6) is 0.987.